The van der Waals surface area contributed by atoms with E-state index in [4.69, 9.17) is 4.74 Å². The van der Waals surface area contributed by atoms with Crippen molar-refractivity contribution < 1.29 is 14.5 Å². The molecule has 2 aromatic carbocycles. The second kappa shape index (κ2) is 8.56. The second-order valence-electron chi connectivity index (χ2n) is 6.66. The van der Waals surface area contributed by atoms with Gasteiger partial charge in [-0.3, -0.25) is 10.1 Å². The lowest BCUT2D eigenvalue weighted by atomic mass is 10.1. The number of nitrogens with zero attached hydrogens (tertiary/aromatic N) is 4. The summed E-state index contributed by atoms with van der Waals surface area (Å²) < 4.78 is 4.82. The molecule has 0 spiro atoms. The average Bonchev–Trinajstić information content (AvgIpc) is 2.74. The zero-order valence-electron chi connectivity index (χ0n) is 17.0. The van der Waals surface area contributed by atoms with Gasteiger partial charge < -0.3 is 15.0 Å². The van der Waals surface area contributed by atoms with Crippen molar-refractivity contribution in [1.82, 2.24) is 9.97 Å². The first-order chi connectivity index (χ1) is 14.3. The summed E-state index contributed by atoms with van der Waals surface area (Å²) in [4.78, 5) is 33.2. The molecule has 30 heavy (non-hydrogen) atoms. The summed E-state index contributed by atoms with van der Waals surface area (Å²) in [6.07, 6.45) is 1.24. The fourth-order valence-corrected chi connectivity index (χ4v) is 3.12. The maximum Gasteiger partial charge on any atom is 0.354 e. The van der Waals surface area contributed by atoms with Gasteiger partial charge in [-0.1, -0.05) is 29.8 Å². The number of anilines is 4. The molecule has 154 valence electrons. The van der Waals surface area contributed by atoms with Crippen molar-refractivity contribution in [2.24, 2.45) is 0 Å². The molecule has 0 bridgehead atoms. The lowest BCUT2D eigenvalue weighted by molar-refractivity contribution is -0.383. The Bertz CT molecular complexity index is 1120. The molecule has 3 rings (SSSR count). The number of hydrogen-bond acceptors (Lipinski definition) is 8. The van der Waals surface area contributed by atoms with Gasteiger partial charge in [-0.05, 0) is 37.6 Å². The van der Waals surface area contributed by atoms with E-state index in [2.05, 4.69) is 15.3 Å². The number of ether oxygens (including phenoxy) is 1. The van der Waals surface area contributed by atoms with Crippen molar-refractivity contribution in [2.45, 2.75) is 13.8 Å². The third kappa shape index (κ3) is 4.04. The van der Waals surface area contributed by atoms with Crippen LogP contribution < -0.4 is 10.2 Å². The first-order valence-electron chi connectivity index (χ1n) is 9.08. The third-order valence-corrected chi connectivity index (χ3v) is 4.61. The number of rotatable bonds is 6. The molecule has 0 unspecified atom stereocenters. The average molecular weight is 407 g/mol. The molecule has 0 atom stereocenters. The van der Waals surface area contributed by atoms with Gasteiger partial charge in [-0.2, -0.15) is 0 Å². The van der Waals surface area contributed by atoms with Gasteiger partial charge in [0.2, 0.25) is 11.6 Å². The van der Waals surface area contributed by atoms with E-state index >= 15 is 0 Å². The Morgan fingerprint density at radius 2 is 1.90 bits per heavy atom. The topological polar surface area (TPSA) is 110 Å². The van der Waals surface area contributed by atoms with E-state index in [-0.39, 0.29) is 22.9 Å². The van der Waals surface area contributed by atoms with Gasteiger partial charge in [0, 0.05) is 12.7 Å². The van der Waals surface area contributed by atoms with Gasteiger partial charge in [0.15, 0.2) is 0 Å². The maximum atomic E-state index is 12.1. The SMILES string of the molecule is COC(=O)c1ccccc1N(C)c1ncnc(Nc2ccc(C)cc2C)c1[N+](=O)[O-]. The van der Waals surface area contributed by atoms with Gasteiger partial charge in [0.25, 0.3) is 0 Å². The van der Waals surface area contributed by atoms with E-state index in [9.17, 15) is 14.9 Å². The van der Waals surface area contributed by atoms with Crippen LogP contribution in [-0.4, -0.2) is 35.0 Å². The van der Waals surface area contributed by atoms with Gasteiger partial charge in [-0.15, -0.1) is 0 Å². The minimum atomic E-state index is -0.553. The van der Waals surface area contributed by atoms with Gasteiger partial charge in [0.1, 0.15) is 6.33 Å². The number of para-hydroxylation sites is 1. The Morgan fingerprint density at radius 1 is 1.17 bits per heavy atom. The zero-order valence-corrected chi connectivity index (χ0v) is 17.0. The van der Waals surface area contributed by atoms with Crippen molar-refractivity contribution in [1.29, 1.82) is 0 Å². The van der Waals surface area contributed by atoms with E-state index in [0.29, 0.717) is 11.4 Å². The van der Waals surface area contributed by atoms with Crippen LogP contribution in [0.4, 0.5) is 28.7 Å². The number of esters is 1. The predicted molar refractivity (Wildman–Crippen MR) is 114 cm³/mol. The zero-order chi connectivity index (χ0) is 21.8. The van der Waals surface area contributed by atoms with Crippen LogP contribution >= 0.6 is 0 Å². The number of benzene rings is 2. The molecule has 0 aliphatic carbocycles. The Balaban J connectivity index is 2.10. The molecule has 9 heteroatoms. The normalized spacial score (nSPS) is 10.4. The Kier molecular flexibility index (Phi) is 5.91. The van der Waals surface area contributed by atoms with Crippen LogP contribution in [0.5, 0.6) is 0 Å². The number of nitro groups is 1. The highest BCUT2D eigenvalue weighted by molar-refractivity contribution is 5.97. The van der Waals surface area contributed by atoms with Crippen LogP contribution in [0, 0.1) is 24.0 Å². The monoisotopic (exact) mass is 407 g/mol. The molecule has 9 nitrogen and oxygen atoms in total. The Hall–Kier alpha value is -4.01. The van der Waals surface area contributed by atoms with Crippen LogP contribution in [-0.2, 0) is 4.74 Å². The molecule has 0 saturated heterocycles. The van der Waals surface area contributed by atoms with E-state index in [1.807, 2.05) is 32.0 Å². The summed E-state index contributed by atoms with van der Waals surface area (Å²) in [5.74, 6) is -0.458. The van der Waals surface area contributed by atoms with Gasteiger partial charge in [-0.25, -0.2) is 14.8 Å². The largest absolute Gasteiger partial charge is 0.465 e. The molecule has 0 aliphatic rings. The third-order valence-electron chi connectivity index (χ3n) is 4.61. The molecule has 3 aromatic rings. The molecule has 0 amide bonds. The fourth-order valence-electron chi connectivity index (χ4n) is 3.12. The number of aromatic nitrogens is 2. The molecule has 1 aromatic heterocycles. The van der Waals surface area contributed by atoms with Crippen molar-refractivity contribution in [2.75, 3.05) is 24.4 Å². The summed E-state index contributed by atoms with van der Waals surface area (Å²) in [6.45, 7) is 3.87. The lowest BCUT2D eigenvalue weighted by Crippen LogP contribution is -2.18. The number of carbonyl (C=O) groups is 1. The standard InChI is InChI=1S/C21H21N5O4/c1-13-9-10-16(14(2)11-13)24-19-18(26(28)29)20(23-12-22-19)25(3)17-8-6-5-7-15(17)21(27)30-4/h5-12H,1-4H3,(H,22,23,24). The van der Waals surface area contributed by atoms with Crippen molar-refractivity contribution in [3.63, 3.8) is 0 Å². The highest BCUT2D eigenvalue weighted by Crippen LogP contribution is 2.37. The van der Waals surface area contributed by atoms with Gasteiger partial charge >= 0.3 is 11.7 Å². The van der Waals surface area contributed by atoms with Crippen LogP contribution in [0.3, 0.4) is 0 Å². The number of aryl methyl sites for hydroxylation is 2. The maximum absolute atomic E-state index is 12.1. The minimum Gasteiger partial charge on any atom is -0.465 e. The second-order valence-corrected chi connectivity index (χ2v) is 6.66. The molecule has 0 fully saturated rings. The fraction of sp³-hybridized carbons (Fsp3) is 0.190. The smallest absolute Gasteiger partial charge is 0.354 e. The molecular weight excluding hydrogens is 386 g/mol. The first-order valence-corrected chi connectivity index (χ1v) is 9.08. The molecule has 1 N–H and O–H groups in total. The molecule has 0 radical (unpaired) electrons. The lowest BCUT2D eigenvalue weighted by Gasteiger charge is -2.21. The van der Waals surface area contributed by atoms with Crippen LogP contribution in [0.1, 0.15) is 21.5 Å². The van der Waals surface area contributed by atoms with E-state index in [1.54, 1.807) is 31.3 Å². The Morgan fingerprint density at radius 3 is 2.57 bits per heavy atom. The number of carbonyl (C=O) groups excluding carboxylic acids is 1. The van der Waals surface area contributed by atoms with E-state index in [0.717, 1.165) is 11.1 Å². The van der Waals surface area contributed by atoms with Crippen LogP contribution in [0.2, 0.25) is 0 Å². The van der Waals surface area contributed by atoms with E-state index in [1.165, 1.54) is 18.3 Å². The molecule has 0 saturated carbocycles. The van der Waals surface area contributed by atoms with Crippen LogP contribution in [0.15, 0.2) is 48.8 Å². The predicted octanol–water partition coefficient (Wildman–Crippen LogP) is 4.30. The van der Waals surface area contributed by atoms with Crippen molar-refractivity contribution in [3.05, 3.63) is 75.6 Å². The number of methoxy groups -OCH3 is 1. The highest BCUT2D eigenvalue weighted by Gasteiger charge is 2.28. The molecular formula is C21H21N5O4. The molecule has 0 aliphatic heterocycles. The summed E-state index contributed by atoms with van der Waals surface area (Å²) >= 11 is 0. The highest BCUT2D eigenvalue weighted by atomic mass is 16.6. The number of nitrogens with one attached hydrogen (secondary N) is 1. The summed E-state index contributed by atoms with van der Waals surface area (Å²) in [5.41, 5.74) is 3.08. The van der Waals surface area contributed by atoms with Crippen molar-refractivity contribution in [3.8, 4) is 0 Å². The summed E-state index contributed by atoms with van der Waals surface area (Å²) in [6, 6.07) is 12.4. The minimum absolute atomic E-state index is 0.0404. The van der Waals surface area contributed by atoms with Crippen LogP contribution in [0.25, 0.3) is 0 Å². The van der Waals surface area contributed by atoms with Gasteiger partial charge in [0.05, 0.1) is 23.3 Å². The number of hydrogen-bond donors (Lipinski definition) is 1. The summed E-state index contributed by atoms with van der Waals surface area (Å²) in [7, 11) is 2.87. The Labute approximate surface area is 173 Å². The quantitative estimate of drug-likeness (QED) is 0.366. The van der Waals surface area contributed by atoms with Crippen molar-refractivity contribution >= 4 is 34.7 Å². The summed E-state index contributed by atoms with van der Waals surface area (Å²) in [5, 5.41) is 15.0. The first kappa shape index (κ1) is 20.7. The van der Waals surface area contributed by atoms with E-state index < -0.39 is 10.9 Å². The molecule has 1 heterocycles.